The lowest BCUT2D eigenvalue weighted by molar-refractivity contribution is 0.0690. The van der Waals surface area contributed by atoms with Crippen molar-refractivity contribution >= 4 is 5.97 Å². The molecule has 0 aliphatic carbocycles. The van der Waals surface area contributed by atoms with Crippen molar-refractivity contribution in [2.75, 3.05) is 0 Å². The maximum atomic E-state index is 11.2. The van der Waals surface area contributed by atoms with E-state index < -0.39 is 5.97 Å². The highest BCUT2D eigenvalue weighted by molar-refractivity contribution is 5.85. The van der Waals surface area contributed by atoms with Crippen molar-refractivity contribution in [1.82, 2.24) is 9.78 Å². The predicted octanol–water partition coefficient (Wildman–Crippen LogP) is 3.62. The molecule has 1 heterocycles. The summed E-state index contributed by atoms with van der Waals surface area (Å²) in [5.41, 5.74) is 5.38. The molecule has 0 bridgehead atoms. The van der Waals surface area contributed by atoms with Crippen LogP contribution in [0.2, 0.25) is 0 Å². The molecule has 0 atom stereocenters. The van der Waals surface area contributed by atoms with Crippen LogP contribution in [0.4, 0.5) is 0 Å². The first-order valence-electron chi connectivity index (χ1n) is 6.72. The van der Waals surface area contributed by atoms with Gasteiger partial charge in [-0.2, -0.15) is 5.10 Å². The number of hydrogen-bond acceptors (Lipinski definition) is 2. The van der Waals surface area contributed by atoms with Crippen LogP contribution in [0.1, 0.15) is 52.6 Å². The first-order chi connectivity index (χ1) is 9.31. The first kappa shape index (κ1) is 14.3. The average Bonchev–Trinajstić information content (AvgIpc) is 2.72. The van der Waals surface area contributed by atoms with Crippen molar-refractivity contribution in [3.8, 4) is 5.69 Å². The molecule has 1 N–H and O–H groups in total. The number of aryl methyl sites for hydroxylation is 3. The fraction of sp³-hybridized carbons (Fsp3) is 0.375. The van der Waals surface area contributed by atoms with Crippen LogP contribution in [0, 0.1) is 20.8 Å². The number of carboxylic acids is 1. The summed E-state index contributed by atoms with van der Waals surface area (Å²) in [5, 5.41) is 13.4. The van der Waals surface area contributed by atoms with Gasteiger partial charge < -0.3 is 5.11 Å². The molecule has 0 fully saturated rings. The Hall–Kier alpha value is -2.10. The second-order valence-corrected chi connectivity index (χ2v) is 5.57. The first-order valence-corrected chi connectivity index (χ1v) is 6.72. The Balaban J connectivity index is 2.72. The van der Waals surface area contributed by atoms with E-state index in [2.05, 4.69) is 24.2 Å². The molecule has 20 heavy (non-hydrogen) atoms. The molecule has 2 rings (SSSR count). The van der Waals surface area contributed by atoms with Crippen LogP contribution in [0.15, 0.2) is 18.2 Å². The summed E-state index contributed by atoms with van der Waals surface area (Å²) in [4.78, 5) is 11.2. The van der Waals surface area contributed by atoms with Gasteiger partial charge in [-0.1, -0.05) is 31.5 Å². The molecule has 0 saturated heterocycles. The Labute approximate surface area is 119 Å². The lowest BCUT2D eigenvalue weighted by Gasteiger charge is -2.15. The molecular formula is C16H20N2O2. The lowest BCUT2D eigenvalue weighted by atomic mass is 10.0. The molecule has 1 aromatic heterocycles. The van der Waals surface area contributed by atoms with E-state index >= 15 is 0 Å². The van der Waals surface area contributed by atoms with Crippen LogP contribution in [-0.4, -0.2) is 20.9 Å². The Morgan fingerprint density at radius 3 is 2.15 bits per heavy atom. The van der Waals surface area contributed by atoms with Gasteiger partial charge in [0.15, 0.2) is 5.69 Å². The molecule has 0 aliphatic rings. The maximum absolute atomic E-state index is 11.2. The molecule has 106 valence electrons. The van der Waals surface area contributed by atoms with E-state index in [1.54, 1.807) is 10.7 Å². The summed E-state index contributed by atoms with van der Waals surface area (Å²) >= 11 is 0. The van der Waals surface area contributed by atoms with Gasteiger partial charge in [0.2, 0.25) is 0 Å². The van der Waals surface area contributed by atoms with Gasteiger partial charge in [-0.3, -0.25) is 0 Å². The minimum atomic E-state index is -0.993. The van der Waals surface area contributed by atoms with Gasteiger partial charge in [0.05, 0.1) is 5.69 Å². The topological polar surface area (TPSA) is 55.1 Å². The van der Waals surface area contributed by atoms with Gasteiger partial charge >= 0.3 is 5.97 Å². The van der Waals surface area contributed by atoms with E-state index in [1.807, 2.05) is 27.7 Å². The maximum Gasteiger partial charge on any atom is 0.356 e. The zero-order valence-corrected chi connectivity index (χ0v) is 12.6. The van der Waals surface area contributed by atoms with Crippen molar-refractivity contribution in [1.29, 1.82) is 0 Å². The Kier molecular flexibility index (Phi) is 3.66. The van der Waals surface area contributed by atoms with E-state index in [0.717, 1.165) is 22.5 Å². The third kappa shape index (κ3) is 2.46. The highest BCUT2D eigenvalue weighted by atomic mass is 16.4. The number of carbonyl (C=O) groups is 1. The minimum absolute atomic E-state index is 0.0908. The Morgan fingerprint density at radius 2 is 1.70 bits per heavy atom. The van der Waals surface area contributed by atoms with Crippen LogP contribution >= 0.6 is 0 Å². The minimum Gasteiger partial charge on any atom is -0.476 e. The normalized spacial score (nSPS) is 11.1. The van der Waals surface area contributed by atoms with E-state index in [0.29, 0.717) is 0 Å². The number of benzene rings is 1. The van der Waals surface area contributed by atoms with Crippen LogP contribution in [-0.2, 0) is 0 Å². The third-order valence-corrected chi connectivity index (χ3v) is 3.39. The number of rotatable bonds is 3. The third-order valence-electron chi connectivity index (χ3n) is 3.39. The number of carboxylic acid groups (broad SMARTS) is 1. The Bertz CT molecular complexity index is 646. The van der Waals surface area contributed by atoms with E-state index in [4.69, 9.17) is 5.11 Å². The van der Waals surface area contributed by atoms with Crippen LogP contribution < -0.4 is 0 Å². The van der Waals surface area contributed by atoms with Crippen LogP contribution in [0.5, 0.6) is 0 Å². The molecular weight excluding hydrogens is 252 g/mol. The van der Waals surface area contributed by atoms with Gasteiger partial charge in [0.25, 0.3) is 0 Å². The smallest absolute Gasteiger partial charge is 0.356 e. The van der Waals surface area contributed by atoms with Gasteiger partial charge in [0, 0.05) is 5.69 Å². The predicted molar refractivity (Wildman–Crippen MR) is 78.8 cm³/mol. The summed E-state index contributed by atoms with van der Waals surface area (Å²) in [6.45, 7) is 10.2. The molecule has 0 unspecified atom stereocenters. The SMILES string of the molecule is Cc1cc(C)c(-n2nc(C(=O)O)cc2C(C)C)c(C)c1. The molecule has 0 saturated carbocycles. The summed E-state index contributed by atoms with van der Waals surface area (Å²) in [6.07, 6.45) is 0. The zero-order chi connectivity index (χ0) is 15.0. The van der Waals surface area contributed by atoms with Crippen molar-refractivity contribution in [2.24, 2.45) is 0 Å². The van der Waals surface area contributed by atoms with Gasteiger partial charge in [0.1, 0.15) is 0 Å². The molecule has 2 aromatic rings. The summed E-state index contributed by atoms with van der Waals surface area (Å²) in [6, 6.07) is 5.84. The van der Waals surface area contributed by atoms with E-state index in [-0.39, 0.29) is 11.6 Å². The highest BCUT2D eigenvalue weighted by Crippen LogP contribution is 2.26. The largest absolute Gasteiger partial charge is 0.476 e. The molecule has 0 amide bonds. The van der Waals surface area contributed by atoms with Crippen molar-refractivity contribution < 1.29 is 9.90 Å². The van der Waals surface area contributed by atoms with Crippen LogP contribution in [0.3, 0.4) is 0 Å². The molecule has 4 heteroatoms. The monoisotopic (exact) mass is 272 g/mol. The highest BCUT2D eigenvalue weighted by Gasteiger charge is 2.18. The van der Waals surface area contributed by atoms with E-state index in [9.17, 15) is 4.79 Å². The second kappa shape index (κ2) is 5.12. The van der Waals surface area contributed by atoms with Gasteiger partial charge in [-0.15, -0.1) is 0 Å². The fourth-order valence-corrected chi connectivity index (χ4v) is 2.60. The molecule has 4 nitrogen and oxygen atoms in total. The van der Waals surface area contributed by atoms with Crippen LogP contribution in [0.25, 0.3) is 5.69 Å². The lowest BCUT2D eigenvalue weighted by Crippen LogP contribution is -2.08. The summed E-state index contributed by atoms with van der Waals surface area (Å²) in [5.74, 6) is -0.788. The summed E-state index contributed by atoms with van der Waals surface area (Å²) in [7, 11) is 0. The van der Waals surface area contributed by atoms with Crippen molar-refractivity contribution in [3.63, 3.8) is 0 Å². The number of hydrogen-bond donors (Lipinski definition) is 1. The number of aromatic carboxylic acids is 1. The second-order valence-electron chi connectivity index (χ2n) is 5.57. The fourth-order valence-electron chi connectivity index (χ4n) is 2.60. The standard InChI is InChI=1S/C16H20N2O2/c1-9(2)14-8-13(16(19)20)17-18(14)15-11(4)6-10(3)7-12(15)5/h6-9H,1-5H3,(H,19,20). The van der Waals surface area contributed by atoms with Gasteiger partial charge in [-0.25, -0.2) is 9.48 Å². The molecule has 0 radical (unpaired) electrons. The average molecular weight is 272 g/mol. The van der Waals surface area contributed by atoms with E-state index in [1.165, 1.54) is 5.56 Å². The van der Waals surface area contributed by atoms with Crippen molar-refractivity contribution in [3.05, 3.63) is 46.3 Å². The molecule has 1 aromatic carbocycles. The Morgan fingerprint density at radius 1 is 1.15 bits per heavy atom. The van der Waals surface area contributed by atoms with Crippen molar-refractivity contribution in [2.45, 2.75) is 40.5 Å². The quantitative estimate of drug-likeness (QED) is 0.928. The number of aromatic nitrogens is 2. The molecule has 0 aliphatic heterocycles. The number of nitrogens with zero attached hydrogens (tertiary/aromatic N) is 2. The summed E-state index contributed by atoms with van der Waals surface area (Å²) < 4.78 is 1.78. The molecule has 0 spiro atoms. The van der Waals surface area contributed by atoms with Gasteiger partial charge in [-0.05, 0) is 43.9 Å². The zero-order valence-electron chi connectivity index (χ0n) is 12.6.